The van der Waals surface area contributed by atoms with Gasteiger partial charge in [0.25, 0.3) is 5.91 Å². The second kappa shape index (κ2) is 6.33. The van der Waals surface area contributed by atoms with Crippen LogP contribution in [0.1, 0.15) is 12.0 Å². The average molecular weight is 261 g/mol. The molecule has 102 valence electrons. The Labute approximate surface area is 113 Å². The average Bonchev–Trinajstić information content (AvgIpc) is 2.68. The summed E-state index contributed by atoms with van der Waals surface area (Å²) in [5.41, 5.74) is 0.973. The molecule has 0 radical (unpaired) electrons. The number of carbonyl (C=O) groups is 2. The van der Waals surface area contributed by atoms with Gasteiger partial charge in [-0.25, -0.2) is 4.79 Å². The molecule has 0 spiro atoms. The Kier molecular flexibility index (Phi) is 4.52. The molecule has 1 aromatic carbocycles. The van der Waals surface area contributed by atoms with E-state index in [0.717, 1.165) is 18.5 Å². The van der Waals surface area contributed by atoms with Crippen molar-refractivity contribution in [2.24, 2.45) is 0 Å². The monoisotopic (exact) mass is 261 g/mol. The number of nitrogens with zero attached hydrogens (tertiary/aromatic N) is 2. The molecule has 1 aliphatic heterocycles. The first-order valence-electron chi connectivity index (χ1n) is 6.50. The van der Waals surface area contributed by atoms with Crippen molar-refractivity contribution in [2.75, 3.05) is 26.7 Å². The number of amides is 3. The highest BCUT2D eigenvalue weighted by Gasteiger charge is 2.35. The minimum atomic E-state index is -0.176. The van der Waals surface area contributed by atoms with E-state index >= 15 is 0 Å². The van der Waals surface area contributed by atoms with Crippen molar-refractivity contribution in [3.05, 3.63) is 35.9 Å². The molecule has 0 aliphatic carbocycles. The Hall–Kier alpha value is -1.88. The molecule has 3 amide bonds. The summed E-state index contributed by atoms with van der Waals surface area (Å²) in [7, 11) is 1.87. The number of urea groups is 1. The molecule has 5 heteroatoms. The Morgan fingerprint density at radius 3 is 2.63 bits per heavy atom. The van der Waals surface area contributed by atoms with Crippen molar-refractivity contribution < 1.29 is 9.59 Å². The van der Waals surface area contributed by atoms with Crippen molar-refractivity contribution >= 4 is 11.9 Å². The minimum Gasteiger partial charge on any atom is -0.320 e. The van der Waals surface area contributed by atoms with E-state index in [1.165, 1.54) is 4.90 Å². The van der Waals surface area contributed by atoms with Gasteiger partial charge < -0.3 is 10.2 Å². The molecule has 1 N–H and O–H groups in total. The van der Waals surface area contributed by atoms with Crippen molar-refractivity contribution in [1.82, 2.24) is 15.1 Å². The molecule has 5 nitrogen and oxygen atoms in total. The van der Waals surface area contributed by atoms with E-state index in [1.807, 2.05) is 37.4 Å². The molecule has 1 fully saturated rings. The highest BCUT2D eigenvalue weighted by Crippen LogP contribution is 2.14. The summed E-state index contributed by atoms with van der Waals surface area (Å²) in [6, 6.07) is 9.40. The summed E-state index contributed by atoms with van der Waals surface area (Å²) in [6.45, 7) is 2.03. The fourth-order valence-corrected chi connectivity index (χ4v) is 2.14. The number of nitrogens with one attached hydrogen (secondary N) is 1. The lowest BCUT2D eigenvalue weighted by Gasteiger charge is -2.17. The van der Waals surface area contributed by atoms with Crippen LogP contribution in [0, 0.1) is 0 Å². The first-order chi connectivity index (χ1) is 9.22. The minimum absolute atomic E-state index is 0.113. The second-order valence-corrected chi connectivity index (χ2v) is 4.63. The number of imide groups is 1. The lowest BCUT2D eigenvalue weighted by atomic mass is 10.2. The van der Waals surface area contributed by atoms with Gasteiger partial charge in [0.1, 0.15) is 6.54 Å². The van der Waals surface area contributed by atoms with Gasteiger partial charge in [-0.15, -0.1) is 0 Å². The summed E-state index contributed by atoms with van der Waals surface area (Å²) in [4.78, 5) is 26.9. The third-order valence-corrected chi connectivity index (χ3v) is 3.17. The zero-order chi connectivity index (χ0) is 13.7. The maximum absolute atomic E-state index is 12.1. The Morgan fingerprint density at radius 1 is 1.21 bits per heavy atom. The predicted molar refractivity (Wildman–Crippen MR) is 72.5 cm³/mol. The number of rotatable bonds is 6. The third-order valence-electron chi connectivity index (χ3n) is 3.17. The number of hydrogen-bond acceptors (Lipinski definition) is 3. The van der Waals surface area contributed by atoms with E-state index in [9.17, 15) is 9.59 Å². The molecule has 2 rings (SSSR count). The molecular formula is C14H19N3O2. The topological polar surface area (TPSA) is 52.7 Å². The summed E-state index contributed by atoms with van der Waals surface area (Å²) in [5.74, 6) is -0.113. The maximum Gasteiger partial charge on any atom is 0.327 e. The lowest BCUT2D eigenvalue weighted by molar-refractivity contribution is -0.125. The Balaban J connectivity index is 1.95. The molecule has 19 heavy (non-hydrogen) atoms. The molecule has 1 aliphatic rings. The first-order valence-corrected chi connectivity index (χ1v) is 6.50. The van der Waals surface area contributed by atoms with E-state index < -0.39 is 0 Å². The van der Waals surface area contributed by atoms with Crippen molar-refractivity contribution in [3.8, 4) is 0 Å². The van der Waals surface area contributed by atoms with Crippen LogP contribution in [0.3, 0.4) is 0 Å². The zero-order valence-electron chi connectivity index (χ0n) is 11.1. The highest BCUT2D eigenvalue weighted by molar-refractivity contribution is 6.01. The van der Waals surface area contributed by atoms with Gasteiger partial charge in [0, 0.05) is 6.54 Å². The van der Waals surface area contributed by atoms with Crippen molar-refractivity contribution in [1.29, 1.82) is 0 Å². The van der Waals surface area contributed by atoms with E-state index in [2.05, 4.69) is 5.32 Å². The van der Waals surface area contributed by atoms with E-state index in [-0.39, 0.29) is 18.5 Å². The van der Waals surface area contributed by atoms with Crippen molar-refractivity contribution in [3.63, 3.8) is 0 Å². The van der Waals surface area contributed by atoms with Gasteiger partial charge >= 0.3 is 6.03 Å². The van der Waals surface area contributed by atoms with Crippen LogP contribution in [0.2, 0.25) is 0 Å². The highest BCUT2D eigenvalue weighted by atomic mass is 16.2. The normalized spacial score (nSPS) is 15.4. The fourth-order valence-electron chi connectivity index (χ4n) is 2.14. The van der Waals surface area contributed by atoms with Gasteiger partial charge in [-0.2, -0.15) is 0 Å². The molecular weight excluding hydrogens is 242 g/mol. The van der Waals surface area contributed by atoms with Gasteiger partial charge in [0.05, 0.1) is 6.54 Å². The number of benzene rings is 1. The molecule has 0 saturated carbocycles. The van der Waals surface area contributed by atoms with E-state index in [4.69, 9.17) is 0 Å². The summed E-state index contributed by atoms with van der Waals surface area (Å²) in [5, 5.41) is 3.03. The van der Waals surface area contributed by atoms with Crippen LogP contribution < -0.4 is 5.32 Å². The van der Waals surface area contributed by atoms with Gasteiger partial charge in [0.2, 0.25) is 0 Å². The van der Waals surface area contributed by atoms with Gasteiger partial charge in [-0.05, 0) is 25.6 Å². The number of hydrogen-bond donors (Lipinski definition) is 1. The van der Waals surface area contributed by atoms with Crippen LogP contribution in [0.4, 0.5) is 4.79 Å². The number of carbonyl (C=O) groups excluding carboxylic acids is 2. The van der Waals surface area contributed by atoms with Gasteiger partial charge in [0.15, 0.2) is 0 Å². The fraction of sp³-hybridized carbons (Fsp3) is 0.429. The zero-order valence-corrected chi connectivity index (χ0v) is 11.1. The van der Waals surface area contributed by atoms with Crippen LogP contribution in [-0.2, 0) is 11.3 Å². The molecule has 1 saturated heterocycles. The molecule has 1 aromatic rings. The van der Waals surface area contributed by atoms with E-state index in [0.29, 0.717) is 13.1 Å². The molecule has 0 aromatic heterocycles. The maximum atomic E-state index is 12.1. The summed E-state index contributed by atoms with van der Waals surface area (Å²) < 4.78 is 0. The van der Waals surface area contributed by atoms with Crippen LogP contribution >= 0.6 is 0 Å². The van der Waals surface area contributed by atoms with Crippen LogP contribution in [0.5, 0.6) is 0 Å². The van der Waals surface area contributed by atoms with Crippen LogP contribution in [0.15, 0.2) is 30.3 Å². The second-order valence-electron chi connectivity index (χ2n) is 4.63. The SMILES string of the molecule is CNCCCN1CC(=O)N(Cc2ccccc2)C1=O. The van der Waals surface area contributed by atoms with E-state index in [1.54, 1.807) is 4.90 Å². The smallest absolute Gasteiger partial charge is 0.320 e. The first kappa shape index (κ1) is 13.5. The largest absolute Gasteiger partial charge is 0.327 e. The summed E-state index contributed by atoms with van der Waals surface area (Å²) >= 11 is 0. The molecule has 0 bridgehead atoms. The third kappa shape index (κ3) is 3.32. The summed E-state index contributed by atoms with van der Waals surface area (Å²) in [6.07, 6.45) is 0.856. The van der Waals surface area contributed by atoms with Crippen LogP contribution in [-0.4, -0.2) is 48.4 Å². The Bertz CT molecular complexity index is 447. The predicted octanol–water partition coefficient (Wildman–Crippen LogP) is 1.06. The standard InChI is InChI=1S/C14H19N3O2/c1-15-8-5-9-16-11-13(18)17(14(16)19)10-12-6-3-2-4-7-12/h2-4,6-7,15H,5,8-11H2,1H3. The molecule has 0 atom stereocenters. The Morgan fingerprint density at radius 2 is 1.95 bits per heavy atom. The van der Waals surface area contributed by atoms with Gasteiger partial charge in [-0.3, -0.25) is 9.69 Å². The van der Waals surface area contributed by atoms with Crippen molar-refractivity contribution in [2.45, 2.75) is 13.0 Å². The van der Waals surface area contributed by atoms with Gasteiger partial charge in [-0.1, -0.05) is 30.3 Å². The molecule has 0 unspecified atom stereocenters. The molecule has 1 heterocycles. The lowest BCUT2D eigenvalue weighted by Crippen LogP contribution is -2.33. The quantitative estimate of drug-likeness (QED) is 0.615. The van der Waals surface area contributed by atoms with Crippen LogP contribution in [0.25, 0.3) is 0 Å².